The first kappa shape index (κ1) is 22.8. The zero-order valence-corrected chi connectivity index (χ0v) is 19.3. The van der Waals surface area contributed by atoms with E-state index in [1.165, 1.54) is 0 Å². The van der Waals surface area contributed by atoms with E-state index in [9.17, 15) is 9.90 Å². The molecule has 0 amide bonds. The third-order valence-electron chi connectivity index (χ3n) is 5.29. The van der Waals surface area contributed by atoms with Crippen molar-refractivity contribution in [2.24, 2.45) is 12.0 Å². The summed E-state index contributed by atoms with van der Waals surface area (Å²) in [6, 6.07) is 1.95. The number of rotatable bonds is 7. The van der Waals surface area contributed by atoms with Crippen LogP contribution in [0.4, 0.5) is 0 Å². The SMILES string of the molecule is CCOC(=O)c1c(CN(C)C)n(C)c2cc(C3=CCC=CN=C3)c(O)c(CN(C)C)c12. The summed E-state index contributed by atoms with van der Waals surface area (Å²) in [7, 11) is 9.79. The van der Waals surface area contributed by atoms with Gasteiger partial charge in [-0.3, -0.25) is 4.99 Å². The molecule has 0 aliphatic carbocycles. The molecule has 1 aliphatic heterocycles. The van der Waals surface area contributed by atoms with Crippen molar-refractivity contribution in [1.29, 1.82) is 0 Å². The molecule has 1 N–H and O–H groups in total. The summed E-state index contributed by atoms with van der Waals surface area (Å²) in [6.45, 7) is 3.15. The number of hydrogen-bond acceptors (Lipinski definition) is 6. The van der Waals surface area contributed by atoms with Crippen LogP contribution >= 0.6 is 0 Å². The van der Waals surface area contributed by atoms with E-state index in [1.54, 1.807) is 19.3 Å². The standard InChI is InChI=1S/C24H32N4O3/c1-7-31-24(30)22-20(15-27(4)5)28(6)19-12-17(16-10-8-9-11-25-13-16)23(29)18(21(19)22)14-26(2)3/h9-13,29H,7-8,14-15H2,1-6H3. The van der Waals surface area contributed by atoms with Crippen molar-refractivity contribution < 1.29 is 14.6 Å². The average Bonchev–Trinajstić information content (AvgIpc) is 2.87. The fourth-order valence-electron chi connectivity index (χ4n) is 3.98. The lowest BCUT2D eigenvalue weighted by Gasteiger charge is -2.17. The van der Waals surface area contributed by atoms with Gasteiger partial charge in [0.15, 0.2) is 0 Å². The molecule has 166 valence electrons. The Morgan fingerprint density at radius 2 is 1.94 bits per heavy atom. The number of aliphatic imine (C=N–C) groups is 1. The molecular weight excluding hydrogens is 392 g/mol. The highest BCUT2D eigenvalue weighted by molar-refractivity contribution is 6.15. The molecule has 0 fully saturated rings. The Morgan fingerprint density at radius 3 is 2.58 bits per heavy atom. The van der Waals surface area contributed by atoms with Gasteiger partial charge in [-0.15, -0.1) is 0 Å². The van der Waals surface area contributed by atoms with Gasteiger partial charge in [0.05, 0.1) is 17.7 Å². The molecule has 1 aromatic heterocycles. The number of fused-ring (bicyclic) bond motifs is 1. The fourth-order valence-corrected chi connectivity index (χ4v) is 3.98. The first-order valence-electron chi connectivity index (χ1n) is 10.5. The van der Waals surface area contributed by atoms with E-state index in [0.29, 0.717) is 36.4 Å². The molecule has 0 spiro atoms. The minimum atomic E-state index is -0.364. The highest BCUT2D eigenvalue weighted by Gasteiger charge is 2.28. The average molecular weight is 425 g/mol. The number of aromatic nitrogens is 1. The van der Waals surface area contributed by atoms with Crippen molar-refractivity contribution in [2.75, 3.05) is 34.8 Å². The normalized spacial score (nSPS) is 13.9. The van der Waals surface area contributed by atoms with E-state index in [-0.39, 0.29) is 11.7 Å². The Labute approximate surface area is 183 Å². The summed E-state index contributed by atoms with van der Waals surface area (Å²) in [5, 5.41) is 12.1. The van der Waals surface area contributed by atoms with Gasteiger partial charge in [-0.05, 0) is 47.6 Å². The molecule has 0 radical (unpaired) electrons. The Bertz CT molecular complexity index is 1070. The van der Waals surface area contributed by atoms with Crippen molar-refractivity contribution >= 4 is 28.7 Å². The number of hydrogen-bond donors (Lipinski definition) is 1. The van der Waals surface area contributed by atoms with Crippen LogP contribution in [0, 0.1) is 0 Å². The largest absolute Gasteiger partial charge is 0.507 e. The quantitative estimate of drug-likeness (QED) is 0.689. The van der Waals surface area contributed by atoms with Crippen LogP contribution in [0.1, 0.15) is 40.5 Å². The van der Waals surface area contributed by atoms with Crippen LogP contribution in [0.2, 0.25) is 0 Å². The predicted molar refractivity (Wildman–Crippen MR) is 126 cm³/mol. The molecule has 2 aromatic rings. The van der Waals surface area contributed by atoms with E-state index >= 15 is 0 Å². The molecule has 7 nitrogen and oxygen atoms in total. The third-order valence-corrected chi connectivity index (χ3v) is 5.29. The van der Waals surface area contributed by atoms with Gasteiger partial charge in [-0.1, -0.05) is 12.2 Å². The second-order valence-corrected chi connectivity index (χ2v) is 8.28. The van der Waals surface area contributed by atoms with Gasteiger partial charge in [-0.25, -0.2) is 4.79 Å². The summed E-state index contributed by atoms with van der Waals surface area (Å²) in [5.74, 6) is -0.190. The van der Waals surface area contributed by atoms with Gasteiger partial charge in [-0.2, -0.15) is 0 Å². The summed E-state index contributed by atoms with van der Waals surface area (Å²) < 4.78 is 7.47. The maximum atomic E-state index is 13.1. The minimum absolute atomic E-state index is 0.174. The molecular formula is C24H32N4O3. The summed E-state index contributed by atoms with van der Waals surface area (Å²) in [4.78, 5) is 21.4. The lowest BCUT2D eigenvalue weighted by atomic mass is 9.95. The molecule has 3 rings (SSSR count). The second kappa shape index (κ2) is 9.49. The lowest BCUT2D eigenvalue weighted by Crippen LogP contribution is -2.17. The number of allylic oxidation sites excluding steroid dienone is 3. The van der Waals surface area contributed by atoms with Crippen molar-refractivity contribution in [3.05, 3.63) is 46.8 Å². The maximum Gasteiger partial charge on any atom is 0.340 e. The topological polar surface area (TPSA) is 70.3 Å². The van der Waals surface area contributed by atoms with E-state index in [2.05, 4.69) is 4.99 Å². The first-order valence-corrected chi connectivity index (χ1v) is 10.5. The van der Waals surface area contributed by atoms with Crippen LogP contribution in [0.5, 0.6) is 5.75 Å². The summed E-state index contributed by atoms with van der Waals surface area (Å²) in [5.41, 5.74) is 4.56. The van der Waals surface area contributed by atoms with Gasteiger partial charge in [0.25, 0.3) is 0 Å². The Hall–Kier alpha value is -2.90. The van der Waals surface area contributed by atoms with Crippen LogP contribution in [0.25, 0.3) is 16.5 Å². The van der Waals surface area contributed by atoms with Crippen molar-refractivity contribution in [3.8, 4) is 5.75 Å². The number of carbonyl (C=O) groups is 1. The Morgan fingerprint density at radius 1 is 1.23 bits per heavy atom. The fraction of sp³-hybridized carbons (Fsp3) is 0.417. The Kier molecular flexibility index (Phi) is 6.97. The monoisotopic (exact) mass is 424 g/mol. The number of carbonyl (C=O) groups excluding carboxylic acids is 1. The van der Waals surface area contributed by atoms with Crippen LogP contribution in [-0.4, -0.2) is 66.5 Å². The zero-order valence-electron chi connectivity index (χ0n) is 19.3. The number of esters is 1. The highest BCUT2D eigenvalue weighted by atomic mass is 16.5. The predicted octanol–water partition coefficient (Wildman–Crippen LogP) is 3.56. The van der Waals surface area contributed by atoms with E-state index in [0.717, 1.165) is 28.6 Å². The van der Waals surface area contributed by atoms with E-state index in [4.69, 9.17) is 4.74 Å². The highest BCUT2D eigenvalue weighted by Crippen LogP contribution is 2.40. The second-order valence-electron chi connectivity index (χ2n) is 8.28. The smallest absolute Gasteiger partial charge is 0.340 e. The number of phenolic OH excluding ortho intramolecular Hbond substituents is 1. The molecule has 0 unspecified atom stereocenters. The van der Waals surface area contributed by atoms with Gasteiger partial charge in [0.1, 0.15) is 5.75 Å². The zero-order chi connectivity index (χ0) is 22.7. The van der Waals surface area contributed by atoms with Crippen molar-refractivity contribution in [3.63, 3.8) is 0 Å². The molecule has 0 saturated heterocycles. The number of nitrogens with zero attached hydrogens (tertiary/aromatic N) is 4. The number of benzene rings is 1. The van der Waals surface area contributed by atoms with Crippen LogP contribution < -0.4 is 0 Å². The van der Waals surface area contributed by atoms with Gasteiger partial charge >= 0.3 is 5.97 Å². The van der Waals surface area contributed by atoms with E-state index in [1.807, 2.05) is 67.8 Å². The van der Waals surface area contributed by atoms with Crippen molar-refractivity contribution in [1.82, 2.24) is 14.4 Å². The third kappa shape index (κ3) is 4.57. The minimum Gasteiger partial charge on any atom is -0.507 e. The number of aromatic hydroxyl groups is 1. The molecule has 0 bridgehead atoms. The molecule has 31 heavy (non-hydrogen) atoms. The summed E-state index contributed by atoms with van der Waals surface area (Å²) in [6.07, 6.45) is 8.28. The molecule has 7 heteroatoms. The van der Waals surface area contributed by atoms with Crippen LogP contribution in [0.15, 0.2) is 29.4 Å². The Balaban J connectivity index is 2.40. The molecule has 1 aromatic carbocycles. The molecule has 0 atom stereocenters. The summed E-state index contributed by atoms with van der Waals surface area (Å²) >= 11 is 0. The maximum absolute atomic E-state index is 13.1. The molecule has 0 saturated carbocycles. The molecule has 1 aliphatic rings. The number of ether oxygens (including phenoxy) is 1. The molecule has 2 heterocycles. The van der Waals surface area contributed by atoms with Gasteiger partial charge in [0, 0.05) is 60.3 Å². The van der Waals surface area contributed by atoms with Gasteiger partial charge in [0.2, 0.25) is 0 Å². The van der Waals surface area contributed by atoms with Gasteiger partial charge < -0.3 is 24.2 Å². The first-order chi connectivity index (χ1) is 14.8. The number of phenols is 1. The van der Waals surface area contributed by atoms with E-state index < -0.39 is 0 Å². The lowest BCUT2D eigenvalue weighted by molar-refractivity contribution is 0.0526. The van der Waals surface area contributed by atoms with Crippen molar-refractivity contribution in [2.45, 2.75) is 26.4 Å². The van der Waals surface area contributed by atoms with Crippen LogP contribution in [0.3, 0.4) is 0 Å². The number of aryl methyl sites for hydroxylation is 1. The van der Waals surface area contributed by atoms with Crippen LogP contribution in [-0.2, 0) is 24.9 Å².